The summed E-state index contributed by atoms with van der Waals surface area (Å²) in [5.74, 6) is -2.51. The van der Waals surface area contributed by atoms with Crippen LogP contribution in [-0.4, -0.2) is 32.4 Å². The van der Waals surface area contributed by atoms with Gasteiger partial charge in [-0.25, -0.2) is 4.79 Å². The molecule has 0 spiro atoms. The van der Waals surface area contributed by atoms with Crippen molar-refractivity contribution in [1.82, 2.24) is 0 Å². The molecule has 2 rings (SSSR count). The number of aliphatic carboxylic acids is 1. The Bertz CT molecular complexity index is 817. The molecule has 0 aromatic heterocycles. The molecule has 0 heterocycles. The van der Waals surface area contributed by atoms with Crippen LogP contribution in [0.3, 0.4) is 0 Å². The van der Waals surface area contributed by atoms with Gasteiger partial charge < -0.3 is 20.4 Å². The van der Waals surface area contributed by atoms with E-state index in [1.807, 2.05) is 0 Å². The van der Waals surface area contributed by atoms with E-state index in [0.717, 1.165) is 0 Å². The fourth-order valence-electron chi connectivity index (χ4n) is 2.25. The molecule has 8 heteroatoms. The summed E-state index contributed by atoms with van der Waals surface area (Å²) in [5, 5.41) is 44.9. The fraction of sp³-hybridized carbons (Fsp3) is 0.222. The second kappa shape index (κ2) is 8.72. The molecule has 0 saturated carbocycles. The largest absolute Gasteiger partial charge is 0.507 e. The molecule has 26 heavy (non-hydrogen) atoms. The summed E-state index contributed by atoms with van der Waals surface area (Å²) in [6.45, 7) is 0. The van der Waals surface area contributed by atoms with Gasteiger partial charge in [0.1, 0.15) is 11.3 Å². The Morgan fingerprint density at radius 3 is 2.19 bits per heavy atom. The second-order valence-electron chi connectivity index (χ2n) is 5.60. The number of carbonyl (C=O) groups is 2. The Balaban J connectivity index is 2.02. The van der Waals surface area contributed by atoms with Gasteiger partial charge >= 0.3 is 11.9 Å². The minimum atomic E-state index is -1.26. The molecular formula is C18H18N2O6. The van der Waals surface area contributed by atoms with Gasteiger partial charge in [-0.1, -0.05) is 12.1 Å². The molecule has 1 unspecified atom stereocenters. The SMILES string of the molecule is O=C(O)CCCC(O)c1ccc(N=Nc2ccc(O)c(C(=O)O)c2)cc1. The van der Waals surface area contributed by atoms with Crippen molar-refractivity contribution < 1.29 is 30.0 Å². The molecule has 0 aliphatic carbocycles. The van der Waals surface area contributed by atoms with Crippen molar-refractivity contribution in [2.75, 3.05) is 0 Å². The summed E-state index contributed by atoms with van der Waals surface area (Å²) in [6, 6.07) is 10.5. The van der Waals surface area contributed by atoms with Gasteiger partial charge in [-0.15, -0.1) is 0 Å². The molecule has 2 aromatic rings. The number of carboxylic acids is 2. The lowest BCUT2D eigenvalue weighted by molar-refractivity contribution is -0.137. The normalized spacial score (nSPS) is 12.2. The van der Waals surface area contributed by atoms with Crippen molar-refractivity contribution in [1.29, 1.82) is 0 Å². The first-order valence-corrected chi connectivity index (χ1v) is 7.84. The third-order valence-corrected chi connectivity index (χ3v) is 3.64. The van der Waals surface area contributed by atoms with E-state index >= 15 is 0 Å². The number of rotatable bonds is 8. The van der Waals surface area contributed by atoms with E-state index in [4.69, 9.17) is 10.2 Å². The summed E-state index contributed by atoms with van der Waals surface area (Å²) in [4.78, 5) is 21.5. The highest BCUT2D eigenvalue weighted by molar-refractivity contribution is 5.91. The van der Waals surface area contributed by atoms with Crippen molar-refractivity contribution in [3.63, 3.8) is 0 Å². The minimum absolute atomic E-state index is 0.00825. The quantitative estimate of drug-likeness (QED) is 0.529. The Kier molecular flexibility index (Phi) is 6.40. The monoisotopic (exact) mass is 358 g/mol. The van der Waals surface area contributed by atoms with Crippen LogP contribution in [0.15, 0.2) is 52.7 Å². The first-order valence-electron chi connectivity index (χ1n) is 7.84. The molecule has 0 aliphatic heterocycles. The smallest absolute Gasteiger partial charge is 0.339 e. The fourth-order valence-corrected chi connectivity index (χ4v) is 2.25. The lowest BCUT2D eigenvalue weighted by Crippen LogP contribution is -2.00. The Labute approximate surface area is 149 Å². The molecule has 136 valence electrons. The Hall–Kier alpha value is -3.26. The van der Waals surface area contributed by atoms with E-state index in [9.17, 15) is 19.8 Å². The third-order valence-electron chi connectivity index (χ3n) is 3.64. The van der Waals surface area contributed by atoms with Crippen LogP contribution in [0.25, 0.3) is 0 Å². The summed E-state index contributed by atoms with van der Waals surface area (Å²) in [6.07, 6.45) is -0.0203. The number of aromatic hydroxyl groups is 1. The zero-order valence-electron chi connectivity index (χ0n) is 13.7. The zero-order chi connectivity index (χ0) is 19.1. The predicted molar refractivity (Wildman–Crippen MR) is 92.1 cm³/mol. The number of hydrogen-bond acceptors (Lipinski definition) is 6. The minimum Gasteiger partial charge on any atom is -0.507 e. The number of aliphatic hydroxyl groups is 1. The number of phenols is 1. The molecule has 0 fully saturated rings. The van der Waals surface area contributed by atoms with Crippen molar-refractivity contribution in [3.8, 4) is 5.75 Å². The molecule has 0 amide bonds. The number of nitrogens with zero attached hydrogens (tertiary/aromatic N) is 2. The van der Waals surface area contributed by atoms with Gasteiger partial charge in [0.05, 0.1) is 17.5 Å². The number of hydrogen-bond donors (Lipinski definition) is 4. The zero-order valence-corrected chi connectivity index (χ0v) is 13.7. The van der Waals surface area contributed by atoms with Crippen LogP contribution in [0.5, 0.6) is 5.75 Å². The van der Waals surface area contributed by atoms with Gasteiger partial charge in [0.2, 0.25) is 0 Å². The van der Waals surface area contributed by atoms with E-state index in [1.54, 1.807) is 24.3 Å². The molecule has 0 aliphatic rings. The van der Waals surface area contributed by atoms with Crippen LogP contribution >= 0.6 is 0 Å². The summed E-state index contributed by atoms with van der Waals surface area (Å²) in [7, 11) is 0. The highest BCUT2D eigenvalue weighted by atomic mass is 16.4. The predicted octanol–water partition coefficient (Wildman–Crippen LogP) is 3.79. The van der Waals surface area contributed by atoms with Gasteiger partial charge in [0, 0.05) is 6.42 Å². The highest BCUT2D eigenvalue weighted by Crippen LogP contribution is 2.26. The molecule has 8 nitrogen and oxygen atoms in total. The lowest BCUT2D eigenvalue weighted by Gasteiger charge is -2.10. The molecule has 0 radical (unpaired) electrons. The number of benzene rings is 2. The van der Waals surface area contributed by atoms with Crippen LogP contribution < -0.4 is 0 Å². The van der Waals surface area contributed by atoms with Crippen LogP contribution in [0.2, 0.25) is 0 Å². The van der Waals surface area contributed by atoms with E-state index in [2.05, 4.69) is 10.2 Å². The van der Waals surface area contributed by atoms with Crippen molar-refractivity contribution >= 4 is 23.3 Å². The molecule has 0 bridgehead atoms. The van der Waals surface area contributed by atoms with Gasteiger partial charge in [-0.3, -0.25) is 4.79 Å². The van der Waals surface area contributed by atoms with Gasteiger partial charge in [0.15, 0.2) is 0 Å². The van der Waals surface area contributed by atoms with Crippen molar-refractivity contribution in [2.24, 2.45) is 10.2 Å². The van der Waals surface area contributed by atoms with Crippen LogP contribution in [0.1, 0.15) is 41.3 Å². The van der Waals surface area contributed by atoms with Crippen LogP contribution in [0.4, 0.5) is 11.4 Å². The maximum absolute atomic E-state index is 11.0. The first kappa shape index (κ1) is 19.1. The molecular weight excluding hydrogens is 340 g/mol. The van der Waals surface area contributed by atoms with Crippen LogP contribution in [0, 0.1) is 0 Å². The highest BCUT2D eigenvalue weighted by Gasteiger charge is 2.10. The van der Waals surface area contributed by atoms with E-state index < -0.39 is 18.0 Å². The first-order chi connectivity index (χ1) is 12.4. The van der Waals surface area contributed by atoms with Gasteiger partial charge in [0.25, 0.3) is 0 Å². The Morgan fingerprint density at radius 1 is 0.962 bits per heavy atom. The molecule has 4 N–H and O–H groups in total. The topological polar surface area (TPSA) is 140 Å². The Morgan fingerprint density at radius 2 is 1.58 bits per heavy atom. The summed E-state index contributed by atoms with van der Waals surface area (Å²) < 4.78 is 0. The second-order valence-corrected chi connectivity index (χ2v) is 5.60. The number of carboxylic acid groups (broad SMARTS) is 2. The lowest BCUT2D eigenvalue weighted by atomic mass is 10.0. The maximum atomic E-state index is 11.0. The van der Waals surface area contributed by atoms with Gasteiger partial charge in [-0.2, -0.15) is 10.2 Å². The van der Waals surface area contributed by atoms with Crippen LogP contribution in [-0.2, 0) is 4.79 Å². The third kappa shape index (κ3) is 5.38. The van der Waals surface area contributed by atoms with E-state index in [-0.39, 0.29) is 23.4 Å². The van der Waals surface area contributed by atoms with E-state index in [0.29, 0.717) is 24.1 Å². The maximum Gasteiger partial charge on any atom is 0.339 e. The number of aliphatic hydroxyl groups excluding tert-OH is 1. The molecule has 2 aromatic carbocycles. The average Bonchev–Trinajstić information content (AvgIpc) is 2.60. The summed E-state index contributed by atoms with van der Waals surface area (Å²) in [5.41, 5.74) is 1.16. The summed E-state index contributed by atoms with van der Waals surface area (Å²) >= 11 is 0. The average molecular weight is 358 g/mol. The number of aromatic carboxylic acids is 1. The molecule has 0 saturated heterocycles. The van der Waals surface area contributed by atoms with Crippen molar-refractivity contribution in [2.45, 2.75) is 25.4 Å². The standard InChI is InChI=1S/C18H18N2O6/c21-15(2-1-3-17(23)24)11-4-6-12(7-5-11)19-20-13-8-9-16(22)14(10-13)18(25)26/h4-10,15,21-22H,1-3H2,(H,23,24)(H,25,26). The van der Waals surface area contributed by atoms with Gasteiger partial charge in [-0.05, 0) is 48.7 Å². The van der Waals surface area contributed by atoms with Crippen molar-refractivity contribution in [3.05, 3.63) is 53.6 Å². The number of azo groups is 1. The molecule has 1 atom stereocenters. The van der Waals surface area contributed by atoms with E-state index in [1.165, 1.54) is 18.2 Å².